The molecule has 1 unspecified atom stereocenters. The number of halogens is 2. The Balaban J connectivity index is 2.69. The van der Waals surface area contributed by atoms with Crippen LogP contribution in [0.15, 0.2) is 28.7 Å². The van der Waals surface area contributed by atoms with Crippen LogP contribution in [-0.2, 0) is 4.79 Å². The van der Waals surface area contributed by atoms with Crippen LogP contribution in [-0.4, -0.2) is 17.0 Å². The molecule has 1 N–H and O–H groups in total. The number of hydrogen-bond acceptors (Lipinski definition) is 1. The Morgan fingerprint density at radius 1 is 1.31 bits per heavy atom. The van der Waals surface area contributed by atoms with Crippen LogP contribution >= 0.6 is 27.5 Å². The van der Waals surface area contributed by atoms with Gasteiger partial charge in [0.05, 0.1) is 5.92 Å². The predicted molar refractivity (Wildman–Crippen MR) is 69.1 cm³/mol. The first-order chi connectivity index (χ1) is 7.65. The van der Waals surface area contributed by atoms with Crippen LogP contribution in [0.3, 0.4) is 0 Å². The van der Waals surface area contributed by atoms with Gasteiger partial charge < -0.3 is 5.11 Å². The molecule has 0 fully saturated rings. The summed E-state index contributed by atoms with van der Waals surface area (Å²) in [6.07, 6.45) is 2.35. The fraction of sp³-hybridized carbons (Fsp3) is 0.417. The molecule has 2 nitrogen and oxygen atoms in total. The molecule has 0 spiro atoms. The van der Waals surface area contributed by atoms with E-state index in [1.54, 1.807) is 0 Å². The third-order valence-electron chi connectivity index (χ3n) is 2.45. The number of carboxylic acid groups (broad SMARTS) is 1. The van der Waals surface area contributed by atoms with E-state index in [-0.39, 0.29) is 0 Å². The van der Waals surface area contributed by atoms with E-state index in [2.05, 4.69) is 15.9 Å². The molecule has 88 valence electrons. The molecule has 1 aromatic rings. The van der Waals surface area contributed by atoms with Gasteiger partial charge >= 0.3 is 5.97 Å². The van der Waals surface area contributed by atoms with Crippen molar-refractivity contribution in [1.29, 1.82) is 0 Å². The van der Waals surface area contributed by atoms with Crippen molar-refractivity contribution in [2.75, 3.05) is 5.88 Å². The molecular formula is C12H14BrClO2. The summed E-state index contributed by atoms with van der Waals surface area (Å²) >= 11 is 8.91. The zero-order valence-corrected chi connectivity index (χ0v) is 11.2. The second-order valence-corrected chi connectivity index (χ2v) is 4.92. The molecule has 0 bridgehead atoms. The first-order valence-corrected chi connectivity index (χ1v) is 6.52. The number of aliphatic carboxylic acids is 1. The second-order valence-electron chi connectivity index (χ2n) is 3.63. The van der Waals surface area contributed by atoms with Crippen molar-refractivity contribution in [3.8, 4) is 0 Å². The highest BCUT2D eigenvalue weighted by molar-refractivity contribution is 9.10. The van der Waals surface area contributed by atoms with Crippen LogP contribution in [0, 0.1) is 0 Å². The quantitative estimate of drug-likeness (QED) is 0.636. The average molecular weight is 306 g/mol. The molecule has 0 aliphatic heterocycles. The fourth-order valence-corrected chi connectivity index (χ4v) is 2.02. The Morgan fingerprint density at radius 2 is 1.94 bits per heavy atom. The number of alkyl halides is 1. The lowest BCUT2D eigenvalue weighted by molar-refractivity contribution is -0.139. The van der Waals surface area contributed by atoms with Gasteiger partial charge in [0.25, 0.3) is 0 Å². The van der Waals surface area contributed by atoms with E-state index in [1.807, 2.05) is 24.3 Å². The van der Waals surface area contributed by atoms with Gasteiger partial charge in [-0.3, -0.25) is 4.79 Å². The van der Waals surface area contributed by atoms with E-state index in [0.29, 0.717) is 12.3 Å². The van der Waals surface area contributed by atoms with Crippen molar-refractivity contribution in [1.82, 2.24) is 0 Å². The summed E-state index contributed by atoms with van der Waals surface area (Å²) < 4.78 is 0.959. The minimum atomic E-state index is -0.767. The van der Waals surface area contributed by atoms with Gasteiger partial charge in [-0.1, -0.05) is 34.5 Å². The predicted octanol–water partition coefficient (Wildman–Crippen LogP) is 4.03. The van der Waals surface area contributed by atoms with Crippen molar-refractivity contribution in [2.24, 2.45) is 0 Å². The first-order valence-electron chi connectivity index (χ1n) is 5.19. The third-order valence-corrected chi connectivity index (χ3v) is 3.24. The lowest BCUT2D eigenvalue weighted by Crippen LogP contribution is -2.11. The van der Waals surface area contributed by atoms with E-state index in [1.165, 1.54) is 0 Å². The summed E-state index contributed by atoms with van der Waals surface area (Å²) in [5.41, 5.74) is 0.852. The fourth-order valence-electron chi connectivity index (χ4n) is 1.57. The van der Waals surface area contributed by atoms with Crippen LogP contribution in [0.5, 0.6) is 0 Å². The van der Waals surface area contributed by atoms with Gasteiger partial charge in [-0.15, -0.1) is 11.6 Å². The minimum Gasteiger partial charge on any atom is -0.481 e. The molecule has 0 aliphatic rings. The van der Waals surface area contributed by atoms with E-state index < -0.39 is 11.9 Å². The standard InChI is InChI=1S/C12H14BrClO2/c13-10-6-4-9(5-7-10)11(12(15)16)3-1-2-8-14/h4-7,11H,1-3,8H2,(H,15,16). The van der Waals surface area contributed by atoms with Crippen molar-refractivity contribution in [2.45, 2.75) is 25.2 Å². The zero-order chi connectivity index (χ0) is 12.0. The summed E-state index contributed by atoms with van der Waals surface area (Å²) in [6.45, 7) is 0. The molecule has 4 heteroatoms. The van der Waals surface area contributed by atoms with E-state index in [4.69, 9.17) is 16.7 Å². The van der Waals surface area contributed by atoms with Gasteiger partial charge in [-0.2, -0.15) is 0 Å². The molecule has 0 radical (unpaired) electrons. The maximum absolute atomic E-state index is 11.1. The van der Waals surface area contributed by atoms with Crippen LogP contribution in [0.25, 0.3) is 0 Å². The Bertz CT molecular complexity index is 337. The van der Waals surface area contributed by atoms with Gasteiger partial charge in [0.1, 0.15) is 0 Å². The summed E-state index contributed by atoms with van der Waals surface area (Å²) in [6, 6.07) is 7.44. The summed E-state index contributed by atoms with van der Waals surface area (Å²) in [4.78, 5) is 11.1. The van der Waals surface area contributed by atoms with Gasteiger partial charge in [0.15, 0.2) is 0 Å². The first kappa shape index (κ1) is 13.5. The molecule has 1 rings (SSSR count). The van der Waals surface area contributed by atoms with Crippen molar-refractivity contribution in [3.05, 3.63) is 34.3 Å². The minimum absolute atomic E-state index is 0.420. The average Bonchev–Trinajstić information content (AvgIpc) is 2.26. The van der Waals surface area contributed by atoms with Crippen molar-refractivity contribution < 1.29 is 9.90 Å². The topological polar surface area (TPSA) is 37.3 Å². The highest BCUT2D eigenvalue weighted by Crippen LogP contribution is 2.24. The maximum atomic E-state index is 11.1. The lowest BCUT2D eigenvalue weighted by atomic mass is 9.94. The highest BCUT2D eigenvalue weighted by Gasteiger charge is 2.18. The molecule has 0 saturated carbocycles. The van der Waals surface area contributed by atoms with E-state index in [9.17, 15) is 4.79 Å². The van der Waals surface area contributed by atoms with Crippen LogP contribution in [0.1, 0.15) is 30.7 Å². The molecule has 0 aliphatic carbocycles. The van der Waals surface area contributed by atoms with Gasteiger partial charge in [-0.25, -0.2) is 0 Å². The van der Waals surface area contributed by atoms with Gasteiger partial charge in [0.2, 0.25) is 0 Å². The molecule has 1 atom stereocenters. The SMILES string of the molecule is O=C(O)C(CCCCCl)c1ccc(Br)cc1. The van der Waals surface area contributed by atoms with E-state index >= 15 is 0 Å². The molecule has 0 saturated heterocycles. The normalized spacial score (nSPS) is 12.4. The Labute approximate surface area is 109 Å². The van der Waals surface area contributed by atoms with Crippen LogP contribution < -0.4 is 0 Å². The third kappa shape index (κ3) is 4.14. The molecule has 0 aromatic heterocycles. The molecule has 0 heterocycles. The van der Waals surface area contributed by atoms with Gasteiger partial charge in [-0.05, 0) is 30.5 Å². The van der Waals surface area contributed by atoms with E-state index in [0.717, 1.165) is 22.9 Å². The Hall–Kier alpha value is -0.540. The largest absolute Gasteiger partial charge is 0.481 e. The summed E-state index contributed by atoms with van der Waals surface area (Å²) in [7, 11) is 0. The molecular weight excluding hydrogens is 291 g/mol. The van der Waals surface area contributed by atoms with Crippen molar-refractivity contribution >= 4 is 33.5 Å². The Kier molecular flexibility index (Phi) is 5.85. The number of carboxylic acids is 1. The van der Waals surface area contributed by atoms with Crippen molar-refractivity contribution in [3.63, 3.8) is 0 Å². The number of hydrogen-bond donors (Lipinski definition) is 1. The Morgan fingerprint density at radius 3 is 2.44 bits per heavy atom. The lowest BCUT2D eigenvalue weighted by Gasteiger charge is -2.12. The molecule has 1 aromatic carbocycles. The smallest absolute Gasteiger partial charge is 0.310 e. The van der Waals surface area contributed by atoms with Crippen LogP contribution in [0.4, 0.5) is 0 Å². The summed E-state index contributed by atoms with van der Waals surface area (Å²) in [5.74, 6) is -0.597. The number of benzene rings is 1. The second kappa shape index (κ2) is 6.92. The van der Waals surface area contributed by atoms with Gasteiger partial charge in [0, 0.05) is 10.4 Å². The zero-order valence-electron chi connectivity index (χ0n) is 8.83. The number of carbonyl (C=O) groups is 1. The maximum Gasteiger partial charge on any atom is 0.310 e. The number of unbranched alkanes of at least 4 members (excludes halogenated alkanes) is 1. The number of rotatable bonds is 6. The molecule has 16 heavy (non-hydrogen) atoms. The van der Waals surface area contributed by atoms with Crippen LogP contribution in [0.2, 0.25) is 0 Å². The monoisotopic (exact) mass is 304 g/mol. The molecule has 0 amide bonds. The summed E-state index contributed by atoms with van der Waals surface area (Å²) in [5, 5.41) is 9.15. The highest BCUT2D eigenvalue weighted by atomic mass is 79.9.